The summed E-state index contributed by atoms with van der Waals surface area (Å²) >= 11 is 4.80. The molecule has 0 saturated carbocycles. The Morgan fingerprint density at radius 2 is 2.00 bits per heavy atom. The molecule has 5 heteroatoms. The summed E-state index contributed by atoms with van der Waals surface area (Å²) in [4.78, 5) is 1.51. The Bertz CT molecular complexity index is 355. The van der Waals surface area contributed by atoms with Crippen LogP contribution in [-0.4, -0.2) is 24.2 Å². The predicted octanol–water partition coefficient (Wildman–Crippen LogP) is 2.19. The summed E-state index contributed by atoms with van der Waals surface area (Å²) in [7, 11) is 3.34. The minimum absolute atomic E-state index is 0.0786. The second-order valence-corrected chi connectivity index (χ2v) is 3.19. The fraction of sp³-hybridized carbons (Fsp3) is 0.222. The summed E-state index contributed by atoms with van der Waals surface area (Å²) in [5.41, 5.74) is 0. The normalized spacial score (nSPS) is 9.71. The van der Waals surface area contributed by atoms with E-state index in [4.69, 9.17) is 17.0 Å². The first kappa shape index (κ1) is 10.8. The molecule has 0 aliphatic heterocycles. The minimum Gasteiger partial charge on any atom is -0.429 e. The topological polar surface area (TPSA) is 12.5 Å². The molecule has 0 saturated heterocycles. The van der Waals surface area contributed by atoms with Crippen LogP contribution in [0.5, 0.6) is 5.75 Å². The van der Waals surface area contributed by atoms with Crippen molar-refractivity contribution in [3.63, 3.8) is 0 Å². The molecule has 14 heavy (non-hydrogen) atoms. The first-order chi connectivity index (χ1) is 6.50. The molecule has 0 aliphatic rings. The molecule has 1 aromatic carbocycles. The summed E-state index contributed by atoms with van der Waals surface area (Å²) in [6.07, 6.45) is 0. The molecular weight excluding hydrogens is 208 g/mol. The Kier molecular flexibility index (Phi) is 3.35. The molecule has 2 nitrogen and oxygen atoms in total. The summed E-state index contributed by atoms with van der Waals surface area (Å²) in [6.45, 7) is 0. The average Bonchev–Trinajstić information content (AvgIpc) is 2.09. The lowest BCUT2D eigenvalue weighted by molar-refractivity contribution is 0.423. The molecular formula is C9H9F2NOS. The molecule has 0 bridgehead atoms. The van der Waals surface area contributed by atoms with E-state index in [0.717, 1.165) is 12.1 Å². The number of ether oxygens (including phenoxy) is 1. The van der Waals surface area contributed by atoms with Gasteiger partial charge in [-0.3, -0.25) is 0 Å². The third-order valence-electron chi connectivity index (χ3n) is 1.46. The summed E-state index contributed by atoms with van der Waals surface area (Å²) in [5.74, 6) is -1.50. The quantitative estimate of drug-likeness (QED) is 0.669. The Hall–Kier alpha value is -1.23. The van der Waals surface area contributed by atoms with Gasteiger partial charge in [0.25, 0.3) is 5.17 Å². The SMILES string of the molecule is CN(C)C(=S)Oc1ccc(F)cc1F. The maximum absolute atomic E-state index is 13.0. The molecule has 0 spiro atoms. The molecule has 1 rings (SSSR count). The highest BCUT2D eigenvalue weighted by Crippen LogP contribution is 2.18. The van der Waals surface area contributed by atoms with Crippen LogP contribution in [0, 0.1) is 11.6 Å². The highest BCUT2D eigenvalue weighted by molar-refractivity contribution is 7.80. The van der Waals surface area contributed by atoms with Gasteiger partial charge in [-0.1, -0.05) is 0 Å². The maximum Gasteiger partial charge on any atom is 0.264 e. The van der Waals surface area contributed by atoms with Crippen LogP contribution in [0.4, 0.5) is 8.78 Å². The highest BCUT2D eigenvalue weighted by Gasteiger charge is 2.08. The van der Waals surface area contributed by atoms with E-state index in [1.807, 2.05) is 0 Å². The Morgan fingerprint density at radius 1 is 1.36 bits per heavy atom. The van der Waals surface area contributed by atoms with Crippen LogP contribution in [0.3, 0.4) is 0 Å². The predicted molar refractivity (Wildman–Crippen MR) is 53.3 cm³/mol. The van der Waals surface area contributed by atoms with Gasteiger partial charge < -0.3 is 9.64 Å². The Morgan fingerprint density at radius 3 is 2.50 bits per heavy atom. The number of benzene rings is 1. The molecule has 1 aromatic rings. The second-order valence-electron chi connectivity index (χ2n) is 2.84. The zero-order chi connectivity index (χ0) is 10.7. The van der Waals surface area contributed by atoms with Gasteiger partial charge in [0.05, 0.1) is 0 Å². The van der Waals surface area contributed by atoms with Gasteiger partial charge in [-0.25, -0.2) is 8.78 Å². The standard InChI is InChI=1S/C9H9F2NOS/c1-12(2)9(14)13-8-4-3-6(10)5-7(8)11/h3-5H,1-2H3. The van der Waals surface area contributed by atoms with E-state index in [1.165, 1.54) is 11.0 Å². The Balaban J connectivity index is 2.82. The highest BCUT2D eigenvalue weighted by atomic mass is 32.1. The first-order valence-electron chi connectivity index (χ1n) is 3.85. The number of rotatable bonds is 1. The second kappa shape index (κ2) is 4.32. The maximum atomic E-state index is 13.0. The molecule has 0 radical (unpaired) electrons. The lowest BCUT2D eigenvalue weighted by Gasteiger charge is -2.14. The number of halogens is 2. The van der Waals surface area contributed by atoms with Crippen molar-refractivity contribution >= 4 is 17.4 Å². The number of hydrogen-bond acceptors (Lipinski definition) is 2. The van der Waals surface area contributed by atoms with Crippen molar-refractivity contribution in [2.75, 3.05) is 14.1 Å². The van der Waals surface area contributed by atoms with Crippen molar-refractivity contribution in [3.05, 3.63) is 29.8 Å². The van der Waals surface area contributed by atoms with Gasteiger partial charge in [-0.05, 0) is 24.4 Å². The van der Waals surface area contributed by atoms with Crippen molar-refractivity contribution in [1.82, 2.24) is 4.90 Å². The fourth-order valence-electron chi connectivity index (χ4n) is 0.743. The smallest absolute Gasteiger partial charge is 0.264 e. The molecule has 0 amide bonds. The summed E-state index contributed by atoms with van der Waals surface area (Å²) in [6, 6.07) is 3.05. The van der Waals surface area contributed by atoms with E-state index >= 15 is 0 Å². The van der Waals surface area contributed by atoms with Crippen molar-refractivity contribution in [2.24, 2.45) is 0 Å². The van der Waals surface area contributed by atoms with Gasteiger partial charge in [-0.15, -0.1) is 0 Å². The third-order valence-corrected chi connectivity index (χ3v) is 1.90. The van der Waals surface area contributed by atoms with E-state index in [1.54, 1.807) is 14.1 Å². The van der Waals surface area contributed by atoms with Crippen molar-refractivity contribution < 1.29 is 13.5 Å². The lowest BCUT2D eigenvalue weighted by atomic mass is 10.3. The first-order valence-corrected chi connectivity index (χ1v) is 4.25. The number of thiocarbonyl (C=S) groups is 1. The van der Waals surface area contributed by atoms with Crippen LogP contribution in [-0.2, 0) is 0 Å². The largest absolute Gasteiger partial charge is 0.429 e. The van der Waals surface area contributed by atoms with Crippen LogP contribution in [0.1, 0.15) is 0 Å². The van der Waals surface area contributed by atoms with Crippen LogP contribution in [0.2, 0.25) is 0 Å². The van der Waals surface area contributed by atoms with Crippen molar-refractivity contribution in [3.8, 4) is 5.75 Å². The van der Waals surface area contributed by atoms with E-state index in [-0.39, 0.29) is 10.9 Å². The lowest BCUT2D eigenvalue weighted by Crippen LogP contribution is -2.25. The molecule has 0 unspecified atom stereocenters. The zero-order valence-corrected chi connectivity index (χ0v) is 8.57. The minimum atomic E-state index is -0.769. The molecule has 0 aliphatic carbocycles. The molecule has 0 aromatic heterocycles. The number of nitrogens with zero attached hydrogens (tertiary/aromatic N) is 1. The zero-order valence-electron chi connectivity index (χ0n) is 7.75. The van der Waals surface area contributed by atoms with Crippen molar-refractivity contribution in [2.45, 2.75) is 0 Å². The van der Waals surface area contributed by atoms with Crippen LogP contribution in [0.25, 0.3) is 0 Å². The van der Waals surface area contributed by atoms with Gasteiger partial charge in [0.15, 0.2) is 11.6 Å². The van der Waals surface area contributed by atoms with E-state index in [0.29, 0.717) is 0 Å². The van der Waals surface area contributed by atoms with E-state index < -0.39 is 11.6 Å². The molecule has 76 valence electrons. The summed E-state index contributed by atoms with van der Waals surface area (Å²) in [5, 5.41) is 0.121. The molecule has 0 N–H and O–H groups in total. The van der Waals surface area contributed by atoms with Crippen LogP contribution < -0.4 is 4.74 Å². The van der Waals surface area contributed by atoms with E-state index in [2.05, 4.69) is 0 Å². The molecule has 0 heterocycles. The van der Waals surface area contributed by atoms with Gasteiger partial charge in [-0.2, -0.15) is 0 Å². The molecule has 0 fully saturated rings. The van der Waals surface area contributed by atoms with Gasteiger partial charge in [0.1, 0.15) is 5.82 Å². The van der Waals surface area contributed by atoms with E-state index in [9.17, 15) is 8.78 Å². The van der Waals surface area contributed by atoms with Crippen molar-refractivity contribution in [1.29, 1.82) is 0 Å². The third kappa shape index (κ3) is 2.63. The fourth-order valence-corrected chi connectivity index (χ4v) is 0.833. The average molecular weight is 217 g/mol. The van der Waals surface area contributed by atoms with Gasteiger partial charge in [0.2, 0.25) is 0 Å². The van der Waals surface area contributed by atoms with Crippen LogP contribution in [0.15, 0.2) is 18.2 Å². The summed E-state index contributed by atoms with van der Waals surface area (Å²) < 4.78 is 30.5. The van der Waals surface area contributed by atoms with Gasteiger partial charge >= 0.3 is 0 Å². The monoisotopic (exact) mass is 217 g/mol. The van der Waals surface area contributed by atoms with Gasteiger partial charge in [0, 0.05) is 20.2 Å². The molecule has 0 atom stereocenters. The van der Waals surface area contributed by atoms with Crippen LogP contribution >= 0.6 is 12.2 Å². The number of hydrogen-bond donors (Lipinski definition) is 0. The Labute approximate surface area is 86.1 Å².